The third kappa shape index (κ3) is 6.44. The van der Waals surface area contributed by atoms with Gasteiger partial charge in [0.25, 0.3) is 0 Å². The van der Waals surface area contributed by atoms with Crippen LogP contribution in [-0.2, 0) is 19.5 Å². The molecule has 0 atom stereocenters. The highest BCUT2D eigenvalue weighted by Gasteiger charge is 2.20. The van der Waals surface area contributed by atoms with Crippen molar-refractivity contribution >= 4 is 21.7 Å². The van der Waals surface area contributed by atoms with E-state index in [9.17, 15) is 13.2 Å². The first-order chi connectivity index (χ1) is 11.4. The molecule has 0 aliphatic heterocycles. The maximum atomic E-state index is 12.4. The molecule has 3 N–H and O–H groups in total. The fourth-order valence-electron chi connectivity index (χ4n) is 1.92. The number of aromatic carboxylic acids is 1. The molecule has 0 heterocycles. The number of carboxylic acids is 1. The van der Waals surface area contributed by atoms with E-state index in [4.69, 9.17) is 14.6 Å². The third-order valence-corrected chi connectivity index (χ3v) is 4.60. The van der Waals surface area contributed by atoms with Crippen LogP contribution in [0.3, 0.4) is 0 Å². The van der Waals surface area contributed by atoms with E-state index in [0.717, 1.165) is 6.07 Å². The van der Waals surface area contributed by atoms with Crippen LogP contribution in [0.4, 0.5) is 5.69 Å². The molecule has 0 saturated carbocycles. The van der Waals surface area contributed by atoms with Crippen LogP contribution >= 0.6 is 0 Å². The first-order valence-electron chi connectivity index (χ1n) is 7.60. The number of anilines is 1. The Hall–Kier alpha value is -1.68. The number of ether oxygens (including phenoxy) is 2. The Morgan fingerprint density at radius 3 is 2.62 bits per heavy atom. The average Bonchev–Trinajstić information content (AvgIpc) is 2.54. The van der Waals surface area contributed by atoms with Gasteiger partial charge in [-0.25, -0.2) is 17.9 Å². The minimum atomic E-state index is -3.85. The number of carbonyl (C=O) groups is 1. The SMILES string of the molecule is CCOCCCNc1ccc(C(=O)O)cc1S(=O)(=O)NCCOC. The number of hydrogen-bond donors (Lipinski definition) is 3. The lowest BCUT2D eigenvalue weighted by atomic mass is 10.2. The number of methoxy groups -OCH3 is 1. The molecule has 8 nitrogen and oxygen atoms in total. The van der Waals surface area contributed by atoms with Gasteiger partial charge in [0.15, 0.2) is 0 Å². The second-order valence-electron chi connectivity index (χ2n) is 4.88. The molecule has 1 aromatic carbocycles. The quantitative estimate of drug-likeness (QED) is 0.479. The number of benzene rings is 1. The van der Waals surface area contributed by atoms with Crippen molar-refractivity contribution in [1.29, 1.82) is 0 Å². The zero-order chi connectivity index (χ0) is 18.0. The highest BCUT2D eigenvalue weighted by molar-refractivity contribution is 7.89. The zero-order valence-corrected chi connectivity index (χ0v) is 14.7. The van der Waals surface area contributed by atoms with Crippen molar-refractivity contribution < 1.29 is 27.8 Å². The maximum Gasteiger partial charge on any atom is 0.335 e. The summed E-state index contributed by atoms with van der Waals surface area (Å²) in [4.78, 5) is 11.0. The maximum absolute atomic E-state index is 12.4. The van der Waals surface area contributed by atoms with Crippen LogP contribution in [0.1, 0.15) is 23.7 Å². The molecule has 1 aromatic rings. The molecule has 0 fully saturated rings. The van der Waals surface area contributed by atoms with Gasteiger partial charge >= 0.3 is 5.97 Å². The third-order valence-electron chi connectivity index (χ3n) is 3.10. The molecule has 0 unspecified atom stereocenters. The van der Waals surface area contributed by atoms with Crippen LogP contribution in [-0.4, -0.2) is 59.5 Å². The normalized spacial score (nSPS) is 11.4. The Morgan fingerprint density at radius 2 is 2.00 bits per heavy atom. The van der Waals surface area contributed by atoms with Crippen molar-refractivity contribution in [3.63, 3.8) is 0 Å². The van der Waals surface area contributed by atoms with Crippen LogP contribution in [0.15, 0.2) is 23.1 Å². The van der Waals surface area contributed by atoms with Crippen molar-refractivity contribution in [3.8, 4) is 0 Å². The topological polar surface area (TPSA) is 114 Å². The van der Waals surface area contributed by atoms with Gasteiger partial charge in [-0.15, -0.1) is 0 Å². The highest BCUT2D eigenvalue weighted by atomic mass is 32.2. The van der Waals surface area contributed by atoms with Gasteiger partial charge in [0, 0.05) is 33.4 Å². The second-order valence-corrected chi connectivity index (χ2v) is 6.62. The summed E-state index contributed by atoms with van der Waals surface area (Å²) in [5.41, 5.74) is 0.253. The smallest absolute Gasteiger partial charge is 0.335 e. The largest absolute Gasteiger partial charge is 0.478 e. The molecule has 0 aliphatic carbocycles. The summed E-state index contributed by atoms with van der Waals surface area (Å²) >= 11 is 0. The molecule has 0 aliphatic rings. The van der Waals surface area contributed by atoms with Gasteiger partial charge in [-0.3, -0.25) is 0 Å². The van der Waals surface area contributed by atoms with Gasteiger partial charge in [0.05, 0.1) is 17.9 Å². The Morgan fingerprint density at radius 1 is 1.25 bits per heavy atom. The van der Waals surface area contributed by atoms with E-state index in [1.807, 2.05) is 6.92 Å². The number of rotatable bonds is 12. The van der Waals surface area contributed by atoms with E-state index >= 15 is 0 Å². The minimum Gasteiger partial charge on any atom is -0.478 e. The Labute approximate surface area is 142 Å². The fraction of sp³-hybridized carbons (Fsp3) is 0.533. The van der Waals surface area contributed by atoms with E-state index in [-0.39, 0.29) is 23.6 Å². The molecule has 0 radical (unpaired) electrons. The lowest BCUT2D eigenvalue weighted by molar-refractivity contribution is 0.0696. The molecule has 136 valence electrons. The predicted molar refractivity (Wildman–Crippen MR) is 90.1 cm³/mol. The molecule has 24 heavy (non-hydrogen) atoms. The van der Waals surface area contributed by atoms with Gasteiger partial charge in [0.1, 0.15) is 4.90 Å². The first-order valence-corrected chi connectivity index (χ1v) is 9.08. The van der Waals surface area contributed by atoms with Gasteiger partial charge < -0.3 is 19.9 Å². The summed E-state index contributed by atoms with van der Waals surface area (Å²) in [5.74, 6) is -1.19. The Balaban J connectivity index is 2.95. The summed E-state index contributed by atoms with van der Waals surface area (Å²) in [5, 5.41) is 12.1. The van der Waals surface area contributed by atoms with E-state index in [0.29, 0.717) is 31.9 Å². The van der Waals surface area contributed by atoms with Gasteiger partial charge in [-0.1, -0.05) is 0 Å². The summed E-state index contributed by atoms with van der Waals surface area (Å²) in [6, 6.07) is 3.96. The summed E-state index contributed by atoms with van der Waals surface area (Å²) < 4.78 is 37.3. The van der Waals surface area contributed by atoms with Crippen molar-refractivity contribution in [1.82, 2.24) is 4.72 Å². The summed E-state index contributed by atoms with van der Waals surface area (Å²) in [7, 11) is -2.39. The number of carboxylic acid groups (broad SMARTS) is 1. The molecule has 9 heteroatoms. The molecule has 0 bridgehead atoms. The number of nitrogens with one attached hydrogen (secondary N) is 2. The van der Waals surface area contributed by atoms with Gasteiger partial charge in [-0.05, 0) is 31.5 Å². The van der Waals surface area contributed by atoms with Crippen LogP contribution < -0.4 is 10.0 Å². The Bertz CT molecular complexity index is 633. The lowest BCUT2D eigenvalue weighted by Gasteiger charge is -2.14. The monoisotopic (exact) mass is 360 g/mol. The van der Waals surface area contributed by atoms with Crippen molar-refractivity contribution in [2.45, 2.75) is 18.2 Å². The lowest BCUT2D eigenvalue weighted by Crippen LogP contribution is -2.28. The number of hydrogen-bond acceptors (Lipinski definition) is 6. The van der Waals surface area contributed by atoms with Crippen LogP contribution in [0.2, 0.25) is 0 Å². The molecular formula is C15H24N2O6S. The molecule has 0 amide bonds. The van der Waals surface area contributed by atoms with Gasteiger partial charge in [0.2, 0.25) is 10.0 Å². The van der Waals surface area contributed by atoms with E-state index in [1.54, 1.807) is 0 Å². The predicted octanol–water partition coefficient (Wildman–Crippen LogP) is 1.15. The minimum absolute atomic E-state index is 0.0954. The first kappa shape index (κ1) is 20.4. The molecule has 0 spiro atoms. The Kier molecular flexibility index (Phi) is 8.69. The van der Waals surface area contributed by atoms with Gasteiger partial charge in [-0.2, -0.15) is 0 Å². The summed E-state index contributed by atoms with van der Waals surface area (Å²) in [6.07, 6.45) is 0.700. The molecular weight excluding hydrogens is 336 g/mol. The number of sulfonamides is 1. The van der Waals surface area contributed by atoms with Crippen LogP contribution in [0.25, 0.3) is 0 Å². The van der Waals surface area contributed by atoms with E-state index in [1.165, 1.54) is 19.2 Å². The van der Waals surface area contributed by atoms with Crippen molar-refractivity contribution in [2.24, 2.45) is 0 Å². The highest BCUT2D eigenvalue weighted by Crippen LogP contribution is 2.23. The standard InChI is InChI=1S/C15H24N2O6S/c1-3-23-9-4-7-16-13-6-5-12(15(18)19)11-14(13)24(20,21)17-8-10-22-2/h5-6,11,16-17H,3-4,7-10H2,1-2H3,(H,18,19). The zero-order valence-electron chi connectivity index (χ0n) is 13.9. The molecule has 0 saturated heterocycles. The van der Waals surface area contributed by atoms with E-state index < -0.39 is 16.0 Å². The molecule has 1 rings (SSSR count). The van der Waals surface area contributed by atoms with Crippen molar-refractivity contribution in [2.75, 3.05) is 45.3 Å². The fourth-order valence-corrected chi connectivity index (χ4v) is 3.14. The van der Waals surface area contributed by atoms with Crippen LogP contribution in [0, 0.1) is 0 Å². The average molecular weight is 360 g/mol. The summed E-state index contributed by atoms with van der Waals surface area (Å²) in [6.45, 7) is 3.90. The van der Waals surface area contributed by atoms with Crippen molar-refractivity contribution in [3.05, 3.63) is 23.8 Å². The molecule has 0 aromatic heterocycles. The van der Waals surface area contributed by atoms with Crippen LogP contribution in [0.5, 0.6) is 0 Å². The second kappa shape index (κ2) is 10.2. The van der Waals surface area contributed by atoms with E-state index in [2.05, 4.69) is 10.0 Å².